The molecule has 0 spiro atoms. The van der Waals surface area contributed by atoms with Crippen LogP contribution in [0.5, 0.6) is 0 Å². The molecule has 0 amide bonds. The molecule has 3 nitrogen and oxygen atoms in total. The summed E-state index contributed by atoms with van der Waals surface area (Å²) in [6, 6.07) is 0. The van der Waals surface area contributed by atoms with E-state index in [4.69, 9.17) is 4.74 Å². The van der Waals surface area contributed by atoms with Gasteiger partial charge in [0, 0.05) is 11.1 Å². The highest BCUT2D eigenvalue weighted by molar-refractivity contribution is 6.50. The Morgan fingerprint density at radius 1 is 1.06 bits per heavy atom. The topological polar surface area (TPSA) is 43.4 Å². The van der Waals surface area contributed by atoms with E-state index in [9.17, 15) is 9.59 Å². The molecule has 0 aromatic carbocycles. The van der Waals surface area contributed by atoms with E-state index in [0.29, 0.717) is 23.5 Å². The van der Waals surface area contributed by atoms with Gasteiger partial charge in [-0.2, -0.15) is 0 Å². The molecule has 0 saturated carbocycles. The largest absolute Gasteiger partial charge is 0.493 e. The monoisotopic (exact) mass is 236 g/mol. The number of carbonyl (C=O) groups is 2. The Bertz CT molecular complexity index is 398. The third kappa shape index (κ3) is 2.65. The van der Waals surface area contributed by atoms with E-state index >= 15 is 0 Å². The van der Waals surface area contributed by atoms with Gasteiger partial charge < -0.3 is 4.74 Å². The molecule has 1 aliphatic rings. The molecule has 94 valence electrons. The Labute approximate surface area is 103 Å². The van der Waals surface area contributed by atoms with Gasteiger partial charge in [0.2, 0.25) is 11.6 Å². The first-order valence-corrected chi connectivity index (χ1v) is 6.07. The highest BCUT2D eigenvalue weighted by atomic mass is 16.5. The van der Waals surface area contributed by atoms with Gasteiger partial charge in [0.1, 0.15) is 5.76 Å². The third-order valence-corrected chi connectivity index (χ3v) is 2.76. The quantitative estimate of drug-likeness (QED) is 0.556. The van der Waals surface area contributed by atoms with Crippen molar-refractivity contribution in [1.82, 2.24) is 0 Å². The van der Waals surface area contributed by atoms with Crippen LogP contribution in [0, 0.1) is 11.8 Å². The Morgan fingerprint density at radius 2 is 1.65 bits per heavy atom. The Morgan fingerprint density at radius 3 is 2.06 bits per heavy atom. The lowest BCUT2D eigenvalue weighted by molar-refractivity contribution is -0.133. The number of hydrogen-bond donors (Lipinski definition) is 0. The predicted molar refractivity (Wildman–Crippen MR) is 66.4 cm³/mol. The maximum absolute atomic E-state index is 12.0. The normalized spacial score (nSPS) is 17.0. The van der Waals surface area contributed by atoms with Crippen LogP contribution in [0.2, 0.25) is 0 Å². The van der Waals surface area contributed by atoms with Crippen molar-refractivity contribution in [2.24, 2.45) is 11.8 Å². The Hall–Kier alpha value is -1.38. The SMILES string of the molecule is CCOC1=C(C(C)C)C(=O)C(=O)C(C(C)C)=C1. The van der Waals surface area contributed by atoms with Crippen molar-refractivity contribution in [1.29, 1.82) is 0 Å². The second-order valence-electron chi connectivity index (χ2n) is 4.78. The van der Waals surface area contributed by atoms with Crippen molar-refractivity contribution in [2.45, 2.75) is 34.6 Å². The number of Topliss-reactive ketones (excluding diaryl/α,β-unsaturated/α-hetero) is 2. The van der Waals surface area contributed by atoms with Crippen molar-refractivity contribution in [3.05, 3.63) is 23.0 Å². The zero-order valence-electron chi connectivity index (χ0n) is 11.2. The van der Waals surface area contributed by atoms with E-state index in [0.717, 1.165) is 0 Å². The number of carbonyl (C=O) groups excluding carboxylic acids is 2. The Kier molecular flexibility index (Phi) is 4.27. The lowest BCUT2D eigenvalue weighted by atomic mass is 9.84. The molecule has 1 rings (SSSR count). The second kappa shape index (κ2) is 5.30. The van der Waals surface area contributed by atoms with E-state index in [2.05, 4.69) is 0 Å². The fourth-order valence-corrected chi connectivity index (χ4v) is 1.90. The molecular weight excluding hydrogens is 216 g/mol. The summed E-state index contributed by atoms with van der Waals surface area (Å²) in [4.78, 5) is 24.0. The molecule has 0 fully saturated rings. The minimum absolute atomic E-state index is 0.00189. The summed E-state index contributed by atoms with van der Waals surface area (Å²) in [7, 11) is 0. The van der Waals surface area contributed by atoms with Gasteiger partial charge in [0.25, 0.3) is 0 Å². The van der Waals surface area contributed by atoms with Crippen molar-refractivity contribution in [2.75, 3.05) is 6.61 Å². The van der Waals surface area contributed by atoms with Crippen molar-refractivity contribution >= 4 is 11.6 Å². The van der Waals surface area contributed by atoms with E-state index in [-0.39, 0.29) is 17.6 Å². The smallest absolute Gasteiger partial charge is 0.233 e. The molecule has 0 atom stereocenters. The summed E-state index contributed by atoms with van der Waals surface area (Å²) in [6.45, 7) is 9.97. The molecule has 0 heterocycles. The average molecular weight is 236 g/mol. The minimum Gasteiger partial charge on any atom is -0.493 e. The van der Waals surface area contributed by atoms with E-state index in [1.807, 2.05) is 34.6 Å². The first-order chi connectivity index (χ1) is 7.90. The van der Waals surface area contributed by atoms with Gasteiger partial charge in [0.15, 0.2) is 0 Å². The predicted octanol–water partition coefficient (Wildman–Crippen LogP) is 2.67. The molecule has 0 saturated heterocycles. The maximum atomic E-state index is 12.0. The first-order valence-electron chi connectivity index (χ1n) is 6.07. The number of ketones is 2. The molecule has 0 bridgehead atoms. The number of hydrogen-bond acceptors (Lipinski definition) is 3. The van der Waals surface area contributed by atoms with Crippen molar-refractivity contribution in [3.63, 3.8) is 0 Å². The van der Waals surface area contributed by atoms with Gasteiger partial charge in [-0.25, -0.2) is 0 Å². The lowest BCUT2D eigenvalue weighted by Gasteiger charge is -2.22. The number of ether oxygens (including phenoxy) is 1. The molecule has 0 aromatic heterocycles. The van der Waals surface area contributed by atoms with Crippen LogP contribution < -0.4 is 0 Å². The fourth-order valence-electron chi connectivity index (χ4n) is 1.90. The van der Waals surface area contributed by atoms with Crippen LogP contribution in [-0.2, 0) is 14.3 Å². The summed E-state index contributed by atoms with van der Waals surface area (Å²) in [5.41, 5.74) is 1.05. The Balaban J connectivity index is 3.31. The standard InChI is InChI=1S/C14H20O3/c1-6-17-11-7-10(8(2)3)13(15)14(16)12(11)9(4)5/h7-9H,6H2,1-5H3. The summed E-state index contributed by atoms with van der Waals surface area (Å²) in [6.07, 6.45) is 1.73. The fraction of sp³-hybridized carbons (Fsp3) is 0.571. The van der Waals surface area contributed by atoms with E-state index < -0.39 is 5.78 Å². The van der Waals surface area contributed by atoms with Gasteiger partial charge in [-0.3, -0.25) is 9.59 Å². The van der Waals surface area contributed by atoms with Crippen LogP contribution in [0.3, 0.4) is 0 Å². The molecule has 1 aliphatic carbocycles. The zero-order chi connectivity index (χ0) is 13.2. The minimum atomic E-state index is -0.408. The van der Waals surface area contributed by atoms with Gasteiger partial charge in [-0.15, -0.1) is 0 Å². The van der Waals surface area contributed by atoms with E-state index in [1.54, 1.807) is 6.08 Å². The van der Waals surface area contributed by atoms with Crippen LogP contribution in [0.25, 0.3) is 0 Å². The van der Waals surface area contributed by atoms with E-state index in [1.165, 1.54) is 0 Å². The second-order valence-corrected chi connectivity index (χ2v) is 4.78. The number of rotatable bonds is 4. The van der Waals surface area contributed by atoms with Gasteiger partial charge >= 0.3 is 0 Å². The highest BCUT2D eigenvalue weighted by Crippen LogP contribution is 2.28. The van der Waals surface area contributed by atoms with Gasteiger partial charge in [-0.05, 0) is 24.8 Å². The van der Waals surface area contributed by atoms with Crippen LogP contribution in [-0.4, -0.2) is 18.2 Å². The van der Waals surface area contributed by atoms with Crippen LogP contribution in [0.15, 0.2) is 23.0 Å². The summed E-state index contributed by atoms with van der Waals surface area (Å²) in [5.74, 6) is -0.189. The molecule has 0 N–H and O–H groups in total. The lowest BCUT2D eigenvalue weighted by Crippen LogP contribution is -2.28. The molecule has 17 heavy (non-hydrogen) atoms. The van der Waals surface area contributed by atoms with Crippen molar-refractivity contribution < 1.29 is 14.3 Å². The third-order valence-electron chi connectivity index (χ3n) is 2.76. The highest BCUT2D eigenvalue weighted by Gasteiger charge is 2.33. The zero-order valence-corrected chi connectivity index (χ0v) is 11.2. The summed E-state index contributed by atoms with van der Waals surface area (Å²) < 4.78 is 5.49. The molecule has 0 aliphatic heterocycles. The van der Waals surface area contributed by atoms with Crippen LogP contribution >= 0.6 is 0 Å². The number of allylic oxidation sites excluding steroid dienone is 3. The molecule has 3 heteroatoms. The average Bonchev–Trinajstić information content (AvgIpc) is 2.22. The summed E-state index contributed by atoms with van der Waals surface area (Å²) in [5, 5.41) is 0. The molecular formula is C14H20O3. The molecule has 0 radical (unpaired) electrons. The van der Waals surface area contributed by atoms with Crippen molar-refractivity contribution in [3.8, 4) is 0 Å². The molecule has 0 aromatic rings. The summed E-state index contributed by atoms with van der Waals surface area (Å²) >= 11 is 0. The van der Waals surface area contributed by atoms with Gasteiger partial charge in [0.05, 0.1) is 6.61 Å². The maximum Gasteiger partial charge on any atom is 0.233 e. The molecule has 0 unspecified atom stereocenters. The van der Waals surface area contributed by atoms with Crippen LogP contribution in [0.4, 0.5) is 0 Å². The first kappa shape index (κ1) is 13.7. The van der Waals surface area contributed by atoms with Crippen LogP contribution in [0.1, 0.15) is 34.6 Å². The van der Waals surface area contributed by atoms with Gasteiger partial charge in [-0.1, -0.05) is 27.7 Å².